The minimum absolute atomic E-state index is 0.322. The Morgan fingerprint density at radius 2 is 2.55 bits per heavy atom. The highest BCUT2D eigenvalue weighted by Crippen LogP contribution is 2.10. The van der Waals surface area contributed by atoms with Crippen molar-refractivity contribution >= 4 is 5.97 Å². The van der Waals surface area contributed by atoms with Crippen LogP contribution in [0.25, 0.3) is 0 Å². The van der Waals surface area contributed by atoms with Crippen molar-refractivity contribution in [1.82, 2.24) is 4.98 Å². The molecule has 1 rings (SSSR count). The fraction of sp³-hybridized carbons (Fsp3) is 0.333. The number of hydrogen-bond donors (Lipinski definition) is 2. The lowest BCUT2D eigenvalue weighted by Crippen LogP contribution is -2.03. The van der Waals surface area contributed by atoms with Crippen LogP contribution in [0.5, 0.6) is 0 Å². The molecule has 0 saturated heterocycles. The molecule has 5 heteroatoms. The standard InChI is InChI=1S/C6H8N2O3/c1-3(7)4-2-8-5(11-4)6(9)10/h2-3H,7H2,1H3,(H,9,10). The van der Waals surface area contributed by atoms with Crippen LogP contribution < -0.4 is 5.73 Å². The van der Waals surface area contributed by atoms with Gasteiger partial charge in [0, 0.05) is 0 Å². The van der Waals surface area contributed by atoms with Crippen molar-refractivity contribution in [1.29, 1.82) is 0 Å². The zero-order chi connectivity index (χ0) is 8.43. The lowest BCUT2D eigenvalue weighted by molar-refractivity contribution is 0.0651. The van der Waals surface area contributed by atoms with Gasteiger partial charge in [-0.15, -0.1) is 0 Å². The molecule has 1 unspecified atom stereocenters. The number of carboxylic acids is 1. The van der Waals surface area contributed by atoms with Crippen molar-refractivity contribution < 1.29 is 14.3 Å². The lowest BCUT2D eigenvalue weighted by Gasteiger charge is -1.95. The molecule has 0 aliphatic carbocycles. The van der Waals surface area contributed by atoms with Gasteiger partial charge in [0.25, 0.3) is 0 Å². The van der Waals surface area contributed by atoms with Gasteiger partial charge in [0.2, 0.25) is 0 Å². The fourth-order valence-corrected chi connectivity index (χ4v) is 0.596. The first-order valence-corrected chi connectivity index (χ1v) is 3.06. The molecule has 0 amide bonds. The highest BCUT2D eigenvalue weighted by atomic mass is 16.4. The summed E-state index contributed by atoms with van der Waals surface area (Å²) >= 11 is 0. The minimum Gasteiger partial charge on any atom is -0.474 e. The van der Waals surface area contributed by atoms with Gasteiger partial charge < -0.3 is 15.3 Å². The van der Waals surface area contributed by atoms with Crippen LogP contribution in [0.15, 0.2) is 10.6 Å². The largest absolute Gasteiger partial charge is 0.474 e. The second kappa shape index (κ2) is 2.71. The number of nitrogens with two attached hydrogens (primary N) is 1. The van der Waals surface area contributed by atoms with Crippen molar-refractivity contribution in [2.24, 2.45) is 5.73 Å². The molecule has 1 heterocycles. The molecule has 0 spiro atoms. The molecule has 11 heavy (non-hydrogen) atoms. The van der Waals surface area contributed by atoms with Gasteiger partial charge in [-0.25, -0.2) is 9.78 Å². The third-order valence-corrected chi connectivity index (χ3v) is 1.16. The Bertz CT molecular complexity index is 267. The lowest BCUT2D eigenvalue weighted by atomic mass is 10.3. The quantitative estimate of drug-likeness (QED) is 0.646. The van der Waals surface area contributed by atoms with Crippen LogP contribution in [0.1, 0.15) is 29.4 Å². The number of aromatic nitrogens is 1. The molecule has 1 atom stereocenters. The molecule has 1 aromatic heterocycles. The van der Waals surface area contributed by atoms with E-state index in [0.717, 1.165) is 0 Å². The van der Waals surface area contributed by atoms with Crippen molar-refractivity contribution in [3.63, 3.8) is 0 Å². The first-order valence-electron chi connectivity index (χ1n) is 3.06. The normalized spacial score (nSPS) is 12.9. The zero-order valence-electron chi connectivity index (χ0n) is 5.94. The Balaban J connectivity index is 2.90. The van der Waals surface area contributed by atoms with E-state index in [1.54, 1.807) is 6.92 Å². The molecule has 0 bridgehead atoms. The van der Waals surface area contributed by atoms with E-state index in [4.69, 9.17) is 15.3 Å². The summed E-state index contributed by atoms with van der Waals surface area (Å²) in [7, 11) is 0. The molecule has 0 aliphatic heterocycles. The van der Waals surface area contributed by atoms with Gasteiger partial charge in [0.1, 0.15) is 5.76 Å². The van der Waals surface area contributed by atoms with E-state index in [0.29, 0.717) is 5.76 Å². The van der Waals surface area contributed by atoms with E-state index in [2.05, 4.69) is 4.98 Å². The number of hydrogen-bond acceptors (Lipinski definition) is 4. The van der Waals surface area contributed by atoms with Gasteiger partial charge in [-0.05, 0) is 6.92 Å². The number of carboxylic acid groups (broad SMARTS) is 1. The molecule has 0 fully saturated rings. The van der Waals surface area contributed by atoms with Crippen molar-refractivity contribution in [3.8, 4) is 0 Å². The van der Waals surface area contributed by atoms with Gasteiger partial charge in [0.15, 0.2) is 0 Å². The Hall–Kier alpha value is -1.36. The smallest absolute Gasteiger partial charge is 0.392 e. The van der Waals surface area contributed by atoms with Crippen LogP contribution in [-0.2, 0) is 0 Å². The summed E-state index contributed by atoms with van der Waals surface area (Å²) in [6, 6.07) is -0.324. The molecule has 3 N–H and O–H groups in total. The molecule has 0 saturated carbocycles. The first kappa shape index (κ1) is 7.74. The molecule has 60 valence electrons. The molecule has 5 nitrogen and oxygen atoms in total. The number of carbonyl (C=O) groups is 1. The van der Waals surface area contributed by atoms with Gasteiger partial charge in [-0.3, -0.25) is 0 Å². The van der Waals surface area contributed by atoms with Gasteiger partial charge in [-0.1, -0.05) is 0 Å². The minimum atomic E-state index is -1.18. The topological polar surface area (TPSA) is 89.3 Å². The van der Waals surface area contributed by atoms with E-state index in [1.807, 2.05) is 0 Å². The molecule has 0 aliphatic rings. The summed E-state index contributed by atoms with van der Waals surface area (Å²) in [5, 5.41) is 8.38. The van der Waals surface area contributed by atoms with E-state index < -0.39 is 5.97 Å². The van der Waals surface area contributed by atoms with Crippen LogP contribution in [-0.4, -0.2) is 16.1 Å². The maximum Gasteiger partial charge on any atom is 0.392 e. The van der Waals surface area contributed by atoms with Gasteiger partial charge in [0.05, 0.1) is 12.2 Å². The maximum absolute atomic E-state index is 10.2. The van der Waals surface area contributed by atoms with Crippen LogP contribution in [0, 0.1) is 0 Å². The highest BCUT2D eigenvalue weighted by Gasteiger charge is 2.12. The van der Waals surface area contributed by atoms with Crippen molar-refractivity contribution in [2.45, 2.75) is 13.0 Å². The van der Waals surface area contributed by atoms with Gasteiger partial charge in [-0.2, -0.15) is 0 Å². The number of nitrogens with zero attached hydrogens (tertiary/aromatic N) is 1. The van der Waals surface area contributed by atoms with Gasteiger partial charge >= 0.3 is 11.9 Å². The van der Waals surface area contributed by atoms with E-state index >= 15 is 0 Å². The number of aromatic carboxylic acids is 1. The second-order valence-corrected chi connectivity index (χ2v) is 2.16. The van der Waals surface area contributed by atoms with Crippen LogP contribution in [0.3, 0.4) is 0 Å². The summed E-state index contributed by atoms with van der Waals surface area (Å²) in [6.45, 7) is 1.69. The third kappa shape index (κ3) is 1.56. The van der Waals surface area contributed by atoms with E-state index in [1.165, 1.54) is 6.20 Å². The predicted octanol–water partition coefficient (Wildman–Crippen LogP) is 0.393. The van der Waals surface area contributed by atoms with E-state index in [-0.39, 0.29) is 11.9 Å². The maximum atomic E-state index is 10.2. The van der Waals surface area contributed by atoms with Crippen LogP contribution >= 0.6 is 0 Å². The molecule has 1 aromatic rings. The number of rotatable bonds is 2. The first-order chi connectivity index (χ1) is 5.11. The molecular formula is C6H8N2O3. The monoisotopic (exact) mass is 156 g/mol. The summed E-state index contributed by atoms with van der Waals surface area (Å²) in [6.07, 6.45) is 1.31. The number of oxazole rings is 1. The van der Waals surface area contributed by atoms with Crippen molar-refractivity contribution in [3.05, 3.63) is 17.8 Å². The van der Waals surface area contributed by atoms with E-state index in [9.17, 15) is 4.79 Å². The Labute approximate surface area is 62.8 Å². The Morgan fingerprint density at radius 1 is 1.91 bits per heavy atom. The summed E-state index contributed by atoms with van der Waals surface area (Å²) < 4.78 is 4.77. The average molecular weight is 156 g/mol. The molecule has 0 aromatic carbocycles. The highest BCUT2D eigenvalue weighted by molar-refractivity contribution is 5.81. The summed E-state index contributed by atoms with van der Waals surface area (Å²) in [5.41, 5.74) is 5.40. The molecular weight excluding hydrogens is 148 g/mol. The van der Waals surface area contributed by atoms with Crippen LogP contribution in [0.4, 0.5) is 0 Å². The Kier molecular flexibility index (Phi) is 1.91. The van der Waals surface area contributed by atoms with Crippen LogP contribution in [0.2, 0.25) is 0 Å². The second-order valence-electron chi connectivity index (χ2n) is 2.16. The summed E-state index contributed by atoms with van der Waals surface area (Å²) in [4.78, 5) is 13.7. The average Bonchev–Trinajstić information content (AvgIpc) is 2.33. The SMILES string of the molecule is CC(N)c1cnc(C(=O)O)o1. The van der Waals surface area contributed by atoms with Crippen molar-refractivity contribution in [2.75, 3.05) is 0 Å². The Morgan fingerprint density at radius 3 is 2.82 bits per heavy atom. The fourth-order valence-electron chi connectivity index (χ4n) is 0.596. The molecule has 0 radical (unpaired) electrons. The zero-order valence-corrected chi connectivity index (χ0v) is 5.94. The summed E-state index contributed by atoms with van der Waals surface area (Å²) in [5.74, 6) is -1.13. The third-order valence-electron chi connectivity index (χ3n) is 1.16. The predicted molar refractivity (Wildman–Crippen MR) is 36.1 cm³/mol.